The minimum Gasteiger partial charge on any atom is -0.395 e. The van der Waals surface area contributed by atoms with Gasteiger partial charge < -0.3 is 15.3 Å². The number of nitrogens with one attached hydrogen (secondary N) is 1. The van der Waals surface area contributed by atoms with E-state index in [-0.39, 0.29) is 24.6 Å². The maximum atomic E-state index is 13.4. The normalized spacial score (nSPS) is 10.7. The fourth-order valence-electron chi connectivity index (χ4n) is 1.38. The Morgan fingerprint density at radius 2 is 2.22 bits per heavy atom. The van der Waals surface area contributed by atoms with Crippen molar-refractivity contribution in [2.75, 3.05) is 32.1 Å². The Bertz CT molecular complexity index is 415. The van der Waals surface area contributed by atoms with E-state index in [0.29, 0.717) is 17.6 Å². The molecule has 0 aliphatic rings. The van der Waals surface area contributed by atoms with E-state index in [0.717, 1.165) is 0 Å². The Balaban J connectivity index is 2.44. The second kappa shape index (κ2) is 7.45. The van der Waals surface area contributed by atoms with Gasteiger partial charge in [-0.05, 0) is 25.2 Å². The summed E-state index contributed by atoms with van der Waals surface area (Å²) in [6, 6.07) is 4.47. The van der Waals surface area contributed by atoms with Gasteiger partial charge in [0.25, 0.3) is 0 Å². The summed E-state index contributed by atoms with van der Waals surface area (Å²) in [5.41, 5.74) is 0.174. The van der Waals surface area contributed by atoms with Gasteiger partial charge in [-0.2, -0.15) is 0 Å². The van der Waals surface area contributed by atoms with Gasteiger partial charge in [0.2, 0.25) is 5.91 Å². The Morgan fingerprint density at radius 1 is 1.50 bits per heavy atom. The number of nitrogens with zero attached hydrogens (tertiary/aromatic N) is 1. The van der Waals surface area contributed by atoms with Gasteiger partial charge in [-0.3, -0.25) is 4.79 Å². The summed E-state index contributed by atoms with van der Waals surface area (Å²) >= 11 is 3.15. The van der Waals surface area contributed by atoms with E-state index in [2.05, 4.69) is 21.2 Å². The Morgan fingerprint density at radius 3 is 2.83 bits per heavy atom. The highest BCUT2D eigenvalue weighted by molar-refractivity contribution is 9.10. The molecule has 100 valence electrons. The smallest absolute Gasteiger partial charge is 0.225 e. The summed E-state index contributed by atoms with van der Waals surface area (Å²) in [5, 5.41) is 11.2. The number of likely N-dealkylation sites (N-methyl/N-ethyl adjacent to an activating group) is 1. The van der Waals surface area contributed by atoms with Crippen LogP contribution in [0.5, 0.6) is 0 Å². The molecule has 0 atom stereocenters. The molecule has 0 saturated heterocycles. The maximum absolute atomic E-state index is 13.4. The zero-order valence-corrected chi connectivity index (χ0v) is 11.7. The van der Waals surface area contributed by atoms with Crippen molar-refractivity contribution < 1.29 is 14.3 Å². The number of halogens is 2. The highest BCUT2D eigenvalue weighted by Crippen LogP contribution is 2.19. The van der Waals surface area contributed by atoms with Crippen LogP contribution in [-0.2, 0) is 4.79 Å². The van der Waals surface area contributed by atoms with E-state index >= 15 is 0 Å². The predicted octanol–water partition coefficient (Wildman–Crippen LogP) is 1.84. The summed E-state index contributed by atoms with van der Waals surface area (Å²) in [6.45, 7) is 1.09. The third-order valence-corrected chi connectivity index (χ3v) is 2.90. The quantitative estimate of drug-likeness (QED) is 0.841. The van der Waals surface area contributed by atoms with Crippen molar-refractivity contribution in [1.29, 1.82) is 0 Å². The Labute approximate surface area is 114 Å². The molecule has 0 aliphatic heterocycles. The van der Waals surface area contributed by atoms with Crippen molar-refractivity contribution in [3.63, 3.8) is 0 Å². The molecule has 0 fully saturated rings. The highest BCUT2D eigenvalue weighted by atomic mass is 79.9. The first-order chi connectivity index (χ1) is 8.52. The lowest BCUT2D eigenvalue weighted by atomic mass is 10.3. The van der Waals surface area contributed by atoms with Crippen molar-refractivity contribution >= 4 is 27.5 Å². The minimum absolute atomic E-state index is 0.0550. The SMILES string of the molecule is CN(CCO)CCC(=O)Nc1ccc(Br)cc1F. The van der Waals surface area contributed by atoms with Crippen molar-refractivity contribution in [3.8, 4) is 0 Å². The number of aliphatic hydroxyl groups is 1. The molecule has 0 heterocycles. The van der Waals surface area contributed by atoms with Crippen LogP contribution in [0.3, 0.4) is 0 Å². The van der Waals surface area contributed by atoms with Crippen molar-refractivity contribution in [2.45, 2.75) is 6.42 Å². The first-order valence-electron chi connectivity index (χ1n) is 5.57. The molecular formula is C12H16BrFN2O2. The molecule has 1 rings (SSSR count). The van der Waals surface area contributed by atoms with Gasteiger partial charge in [0, 0.05) is 24.0 Å². The lowest BCUT2D eigenvalue weighted by Gasteiger charge is -2.14. The van der Waals surface area contributed by atoms with Gasteiger partial charge in [-0.25, -0.2) is 4.39 Å². The van der Waals surface area contributed by atoms with Crippen molar-refractivity contribution in [3.05, 3.63) is 28.5 Å². The van der Waals surface area contributed by atoms with Gasteiger partial charge in [0.15, 0.2) is 0 Å². The molecule has 2 N–H and O–H groups in total. The van der Waals surface area contributed by atoms with Gasteiger partial charge in [-0.15, -0.1) is 0 Å². The first-order valence-corrected chi connectivity index (χ1v) is 6.36. The van der Waals surface area contributed by atoms with Crippen LogP contribution in [0.25, 0.3) is 0 Å². The predicted molar refractivity (Wildman–Crippen MR) is 71.9 cm³/mol. The number of hydrogen-bond acceptors (Lipinski definition) is 3. The number of carbonyl (C=O) groups excluding carboxylic acids is 1. The maximum Gasteiger partial charge on any atom is 0.225 e. The number of anilines is 1. The van der Waals surface area contributed by atoms with Crippen LogP contribution >= 0.6 is 15.9 Å². The molecule has 0 saturated carbocycles. The van der Waals surface area contributed by atoms with Crippen molar-refractivity contribution in [2.24, 2.45) is 0 Å². The monoisotopic (exact) mass is 318 g/mol. The molecule has 6 heteroatoms. The summed E-state index contributed by atoms with van der Waals surface area (Å²) in [7, 11) is 1.81. The zero-order valence-electron chi connectivity index (χ0n) is 10.1. The molecule has 1 aromatic rings. The topological polar surface area (TPSA) is 52.6 Å². The molecule has 0 spiro atoms. The van der Waals surface area contributed by atoms with E-state index < -0.39 is 5.82 Å². The summed E-state index contributed by atoms with van der Waals surface area (Å²) in [4.78, 5) is 13.4. The summed E-state index contributed by atoms with van der Waals surface area (Å²) in [5.74, 6) is -0.720. The fraction of sp³-hybridized carbons (Fsp3) is 0.417. The largest absolute Gasteiger partial charge is 0.395 e. The van der Waals surface area contributed by atoms with Crippen molar-refractivity contribution in [1.82, 2.24) is 4.90 Å². The Hall–Kier alpha value is -0.980. The number of hydrogen-bond donors (Lipinski definition) is 2. The van der Waals surface area contributed by atoms with Gasteiger partial charge in [-0.1, -0.05) is 15.9 Å². The van der Waals surface area contributed by atoms with E-state index in [9.17, 15) is 9.18 Å². The third-order valence-electron chi connectivity index (χ3n) is 2.41. The molecule has 1 aromatic carbocycles. The van der Waals surface area contributed by atoms with Crippen LogP contribution in [0.15, 0.2) is 22.7 Å². The van der Waals surface area contributed by atoms with Gasteiger partial charge >= 0.3 is 0 Å². The number of aliphatic hydroxyl groups excluding tert-OH is 1. The second-order valence-corrected chi connectivity index (χ2v) is 4.86. The third kappa shape index (κ3) is 5.12. The standard InChI is InChI=1S/C12H16BrFN2O2/c1-16(6-7-17)5-4-12(18)15-11-3-2-9(13)8-10(11)14/h2-3,8,17H,4-7H2,1H3,(H,15,18). The van der Waals surface area contributed by atoms with E-state index in [1.165, 1.54) is 12.1 Å². The first kappa shape index (κ1) is 15.1. The number of carbonyl (C=O) groups is 1. The van der Waals surface area contributed by atoms with Crippen LogP contribution < -0.4 is 5.32 Å². The van der Waals surface area contributed by atoms with Crippen LogP contribution in [0.4, 0.5) is 10.1 Å². The van der Waals surface area contributed by atoms with E-state index in [4.69, 9.17) is 5.11 Å². The van der Waals surface area contributed by atoms with E-state index in [1.54, 1.807) is 6.07 Å². The average Bonchev–Trinajstić information content (AvgIpc) is 2.31. The molecule has 0 aromatic heterocycles. The molecule has 1 amide bonds. The summed E-state index contributed by atoms with van der Waals surface area (Å²) in [6.07, 6.45) is 0.256. The molecule has 18 heavy (non-hydrogen) atoms. The lowest BCUT2D eigenvalue weighted by Crippen LogP contribution is -2.26. The molecule has 0 aliphatic carbocycles. The highest BCUT2D eigenvalue weighted by Gasteiger charge is 2.08. The Kier molecular flexibility index (Phi) is 6.24. The molecule has 0 radical (unpaired) electrons. The second-order valence-electron chi connectivity index (χ2n) is 3.95. The average molecular weight is 319 g/mol. The molecule has 0 bridgehead atoms. The summed E-state index contributed by atoms with van der Waals surface area (Å²) < 4.78 is 14.1. The minimum atomic E-state index is -0.471. The van der Waals surface area contributed by atoms with Crippen LogP contribution in [0.2, 0.25) is 0 Å². The number of rotatable bonds is 6. The van der Waals surface area contributed by atoms with E-state index in [1.807, 2.05) is 11.9 Å². The zero-order chi connectivity index (χ0) is 13.5. The van der Waals surface area contributed by atoms with Crippen LogP contribution in [-0.4, -0.2) is 42.7 Å². The molecule has 0 unspecified atom stereocenters. The number of benzene rings is 1. The van der Waals surface area contributed by atoms with Crippen LogP contribution in [0.1, 0.15) is 6.42 Å². The molecule has 4 nitrogen and oxygen atoms in total. The van der Waals surface area contributed by atoms with Gasteiger partial charge in [0.05, 0.1) is 12.3 Å². The van der Waals surface area contributed by atoms with Gasteiger partial charge in [0.1, 0.15) is 5.82 Å². The lowest BCUT2D eigenvalue weighted by molar-refractivity contribution is -0.116. The number of amides is 1. The fourth-order valence-corrected chi connectivity index (χ4v) is 1.71. The molecular weight excluding hydrogens is 303 g/mol. The van der Waals surface area contributed by atoms with Crippen LogP contribution in [0, 0.1) is 5.82 Å².